The van der Waals surface area contributed by atoms with Gasteiger partial charge >= 0.3 is 0 Å². The highest BCUT2D eigenvalue weighted by atomic mass is 14.6. The van der Waals surface area contributed by atoms with Crippen LogP contribution in [0.15, 0.2) is 36.4 Å². The number of hydrogen-bond acceptors (Lipinski definition) is 2. The molecule has 1 aliphatic rings. The van der Waals surface area contributed by atoms with E-state index >= 15 is 0 Å². The number of hydrogen-bond donors (Lipinski definition) is 2. The van der Waals surface area contributed by atoms with Gasteiger partial charge in [0.1, 0.15) is 0 Å². The second kappa shape index (κ2) is 7.20. The van der Waals surface area contributed by atoms with Gasteiger partial charge in [-0.3, -0.25) is 0 Å². The summed E-state index contributed by atoms with van der Waals surface area (Å²) in [5, 5.41) is 9.67. The molecule has 0 spiro atoms. The zero-order valence-corrected chi connectivity index (χ0v) is 12.2. The van der Waals surface area contributed by atoms with Gasteiger partial charge in [0.2, 0.25) is 0 Å². The molecule has 2 aromatic carbocycles. The predicted molar refractivity (Wildman–Crippen MR) is 87.6 cm³/mol. The molecule has 0 unspecified atom stereocenters. The van der Waals surface area contributed by atoms with Gasteiger partial charge in [-0.1, -0.05) is 55.7 Å². The second-order valence-electron chi connectivity index (χ2n) is 5.56. The Balaban J connectivity index is 0.000000178. The first-order valence-corrected chi connectivity index (χ1v) is 7.47. The average Bonchev–Trinajstić information content (AvgIpc) is 2.49. The number of aryl methyl sites for hydroxylation is 1. The SMILES string of the molecule is Cc1ccc(C=N)c2ccccc12.NC1CCCCC1. The molecule has 0 radical (unpaired) electrons. The second-order valence-corrected chi connectivity index (χ2v) is 5.56. The minimum absolute atomic E-state index is 0.536. The minimum Gasteiger partial charge on any atom is -0.328 e. The highest BCUT2D eigenvalue weighted by molar-refractivity contribution is 6.00. The largest absolute Gasteiger partial charge is 0.328 e. The molecule has 106 valence electrons. The molecule has 20 heavy (non-hydrogen) atoms. The van der Waals surface area contributed by atoms with Crippen molar-refractivity contribution < 1.29 is 0 Å². The van der Waals surface area contributed by atoms with Crippen molar-refractivity contribution >= 4 is 17.0 Å². The van der Waals surface area contributed by atoms with Crippen LogP contribution in [0.1, 0.15) is 43.2 Å². The summed E-state index contributed by atoms with van der Waals surface area (Å²) in [6.45, 7) is 2.09. The maximum atomic E-state index is 7.27. The van der Waals surface area contributed by atoms with Crippen molar-refractivity contribution in [2.75, 3.05) is 0 Å². The van der Waals surface area contributed by atoms with Crippen molar-refractivity contribution in [1.29, 1.82) is 5.41 Å². The van der Waals surface area contributed by atoms with Crippen molar-refractivity contribution in [3.8, 4) is 0 Å². The lowest BCUT2D eigenvalue weighted by atomic mass is 9.97. The summed E-state index contributed by atoms with van der Waals surface area (Å²) in [5.74, 6) is 0. The Morgan fingerprint density at radius 3 is 2.20 bits per heavy atom. The van der Waals surface area contributed by atoms with Crippen molar-refractivity contribution in [1.82, 2.24) is 0 Å². The third kappa shape index (κ3) is 3.67. The molecule has 0 aromatic heterocycles. The van der Waals surface area contributed by atoms with Gasteiger partial charge in [0.15, 0.2) is 0 Å². The molecule has 3 N–H and O–H groups in total. The highest BCUT2D eigenvalue weighted by Gasteiger charge is 2.06. The molecule has 0 amide bonds. The van der Waals surface area contributed by atoms with Gasteiger partial charge < -0.3 is 11.1 Å². The van der Waals surface area contributed by atoms with Gasteiger partial charge in [-0.05, 0) is 41.7 Å². The van der Waals surface area contributed by atoms with Gasteiger partial charge in [0, 0.05) is 12.3 Å². The summed E-state index contributed by atoms with van der Waals surface area (Å²) in [4.78, 5) is 0. The van der Waals surface area contributed by atoms with Crippen LogP contribution >= 0.6 is 0 Å². The Kier molecular flexibility index (Phi) is 5.31. The van der Waals surface area contributed by atoms with Crippen LogP contribution in [0, 0.1) is 12.3 Å². The molecule has 0 aliphatic heterocycles. The molecular weight excluding hydrogens is 244 g/mol. The smallest absolute Gasteiger partial charge is 0.0256 e. The lowest BCUT2D eigenvalue weighted by Gasteiger charge is -2.15. The van der Waals surface area contributed by atoms with Crippen LogP contribution in [0.25, 0.3) is 10.8 Å². The highest BCUT2D eigenvalue weighted by Crippen LogP contribution is 2.20. The summed E-state index contributed by atoms with van der Waals surface area (Å²) < 4.78 is 0. The molecule has 0 atom stereocenters. The Bertz CT molecular complexity index is 569. The number of benzene rings is 2. The Morgan fingerprint density at radius 2 is 1.65 bits per heavy atom. The molecule has 0 heterocycles. The molecule has 1 saturated carbocycles. The number of nitrogens with two attached hydrogens (primary N) is 1. The van der Waals surface area contributed by atoms with Gasteiger partial charge in [0.05, 0.1) is 0 Å². The van der Waals surface area contributed by atoms with Crippen LogP contribution in [0.3, 0.4) is 0 Å². The maximum Gasteiger partial charge on any atom is 0.0256 e. The maximum absolute atomic E-state index is 7.27. The van der Waals surface area contributed by atoms with Gasteiger partial charge in [0.25, 0.3) is 0 Å². The lowest BCUT2D eigenvalue weighted by molar-refractivity contribution is 0.441. The van der Waals surface area contributed by atoms with E-state index in [0.29, 0.717) is 6.04 Å². The fourth-order valence-corrected chi connectivity index (χ4v) is 2.73. The van der Waals surface area contributed by atoms with Gasteiger partial charge in [-0.2, -0.15) is 0 Å². The number of fused-ring (bicyclic) bond motifs is 1. The van der Waals surface area contributed by atoms with E-state index in [0.717, 1.165) is 10.9 Å². The first-order valence-electron chi connectivity index (χ1n) is 7.47. The van der Waals surface area contributed by atoms with E-state index in [-0.39, 0.29) is 0 Å². The van der Waals surface area contributed by atoms with Crippen LogP contribution in [0.4, 0.5) is 0 Å². The van der Waals surface area contributed by atoms with Crippen molar-refractivity contribution in [2.24, 2.45) is 5.73 Å². The van der Waals surface area contributed by atoms with E-state index in [1.807, 2.05) is 18.2 Å². The first kappa shape index (κ1) is 14.7. The average molecular weight is 268 g/mol. The fourth-order valence-electron chi connectivity index (χ4n) is 2.73. The van der Waals surface area contributed by atoms with E-state index < -0.39 is 0 Å². The van der Waals surface area contributed by atoms with Crippen molar-refractivity contribution in [3.05, 3.63) is 47.5 Å². The number of nitrogens with one attached hydrogen (secondary N) is 1. The molecule has 2 nitrogen and oxygen atoms in total. The predicted octanol–water partition coefficient (Wildman–Crippen LogP) is 4.42. The normalized spacial score (nSPS) is 15.5. The lowest BCUT2D eigenvalue weighted by Crippen LogP contribution is -2.22. The molecule has 1 fully saturated rings. The zero-order chi connectivity index (χ0) is 14.4. The molecule has 2 aromatic rings. The van der Waals surface area contributed by atoms with E-state index in [4.69, 9.17) is 11.1 Å². The Hall–Kier alpha value is -1.67. The number of rotatable bonds is 1. The third-order valence-electron chi connectivity index (χ3n) is 3.98. The van der Waals surface area contributed by atoms with E-state index in [1.165, 1.54) is 49.3 Å². The van der Waals surface area contributed by atoms with Crippen LogP contribution in [0.5, 0.6) is 0 Å². The Morgan fingerprint density at radius 1 is 1.00 bits per heavy atom. The summed E-state index contributed by atoms with van der Waals surface area (Å²) in [5.41, 5.74) is 7.89. The molecule has 3 rings (SSSR count). The molecule has 2 heteroatoms. The van der Waals surface area contributed by atoms with Crippen molar-refractivity contribution in [3.63, 3.8) is 0 Å². The van der Waals surface area contributed by atoms with Crippen LogP contribution in [0.2, 0.25) is 0 Å². The topological polar surface area (TPSA) is 49.9 Å². The quantitative estimate of drug-likeness (QED) is 0.739. The monoisotopic (exact) mass is 268 g/mol. The molecule has 0 bridgehead atoms. The molecule has 0 saturated heterocycles. The summed E-state index contributed by atoms with van der Waals surface area (Å²) >= 11 is 0. The summed E-state index contributed by atoms with van der Waals surface area (Å²) in [6.07, 6.45) is 8.07. The fraction of sp³-hybridized carbons (Fsp3) is 0.389. The van der Waals surface area contributed by atoms with Crippen LogP contribution < -0.4 is 5.73 Å². The van der Waals surface area contributed by atoms with E-state index in [1.54, 1.807) is 0 Å². The van der Waals surface area contributed by atoms with Crippen LogP contribution in [-0.4, -0.2) is 12.3 Å². The molecular formula is C18H24N2. The first-order chi connectivity index (χ1) is 9.72. The van der Waals surface area contributed by atoms with E-state index in [9.17, 15) is 0 Å². The minimum atomic E-state index is 0.536. The van der Waals surface area contributed by atoms with Crippen LogP contribution in [-0.2, 0) is 0 Å². The van der Waals surface area contributed by atoms with Gasteiger partial charge in [-0.25, -0.2) is 0 Å². The summed E-state index contributed by atoms with van der Waals surface area (Å²) in [6, 6.07) is 12.8. The third-order valence-corrected chi connectivity index (χ3v) is 3.98. The molecule has 1 aliphatic carbocycles. The Labute approximate surface area is 121 Å². The summed E-state index contributed by atoms with van der Waals surface area (Å²) in [7, 11) is 0. The zero-order valence-electron chi connectivity index (χ0n) is 12.2. The van der Waals surface area contributed by atoms with E-state index in [2.05, 4.69) is 25.1 Å². The van der Waals surface area contributed by atoms with Gasteiger partial charge in [-0.15, -0.1) is 0 Å². The standard InChI is InChI=1S/C12H11N.C6H13N/c1-9-6-7-10(8-13)12-5-3-2-4-11(9)12;7-6-4-2-1-3-5-6/h2-8,13H,1H3;6H,1-5,7H2. The van der Waals surface area contributed by atoms with Crippen molar-refractivity contribution in [2.45, 2.75) is 45.1 Å².